The molecule has 0 amide bonds. The van der Waals surface area contributed by atoms with Crippen LogP contribution < -0.4 is 5.73 Å². The van der Waals surface area contributed by atoms with Crippen LogP contribution in [0.2, 0.25) is 0 Å². The molecule has 21 heavy (non-hydrogen) atoms. The molecule has 0 bridgehead atoms. The van der Waals surface area contributed by atoms with Crippen molar-refractivity contribution in [2.45, 2.75) is 20.3 Å². The van der Waals surface area contributed by atoms with Gasteiger partial charge in [-0.15, -0.1) is 0 Å². The molecule has 0 aliphatic rings. The lowest BCUT2D eigenvalue weighted by Crippen LogP contribution is -2.20. The Hall–Kier alpha value is -2.22. The third kappa shape index (κ3) is 3.88. The molecule has 0 saturated carbocycles. The number of hydrogen-bond acceptors (Lipinski definition) is 2. The molecule has 0 heterocycles. The summed E-state index contributed by atoms with van der Waals surface area (Å²) in [5.41, 5.74) is 11.5. The van der Waals surface area contributed by atoms with Gasteiger partial charge in [0.2, 0.25) is 0 Å². The van der Waals surface area contributed by atoms with Crippen LogP contribution in [0.4, 0.5) is 5.69 Å². The Morgan fingerprint density at radius 3 is 2.24 bits per heavy atom. The predicted molar refractivity (Wildman–Crippen MR) is 92.1 cm³/mol. The van der Waals surface area contributed by atoms with Crippen molar-refractivity contribution in [2.24, 2.45) is 0 Å². The third-order valence-electron chi connectivity index (χ3n) is 3.79. The summed E-state index contributed by atoms with van der Waals surface area (Å²) < 4.78 is 0. The second kappa shape index (κ2) is 6.98. The normalized spacial score (nSPS) is 10.4. The summed E-state index contributed by atoms with van der Waals surface area (Å²) in [5.74, 6) is 0. The summed E-state index contributed by atoms with van der Waals surface area (Å²) >= 11 is 0. The van der Waals surface area contributed by atoms with Gasteiger partial charge in [-0.2, -0.15) is 0 Å². The fraction of sp³-hybridized carbons (Fsp3) is 0.263. The molecule has 2 heteroatoms. The van der Waals surface area contributed by atoms with E-state index in [2.05, 4.69) is 55.7 Å². The van der Waals surface area contributed by atoms with Crippen molar-refractivity contribution in [3.05, 3.63) is 71.8 Å². The first-order valence-corrected chi connectivity index (χ1v) is 7.51. The van der Waals surface area contributed by atoms with Crippen LogP contribution in [0, 0.1) is 0 Å². The van der Waals surface area contributed by atoms with Gasteiger partial charge in [-0.05, 0) is 49.1 Å². The minimum atomic E-state index is 0.819. The zero-order chi connectivity index (χ0) is 15.2. The highest BCUT2D eigenvalue weighted by atomic mass is 15.1. The van der Waals surface area contributed by atoms with E-state index in [1.165, 1.54) is 16.7 Å². The van der Waals surface area contributed by atoms with Crippen molar-refractivity contribution in [1.82, 2.24) is 4.90 Å². The molecule has 0 aliphatic carbocycles. The van der Waals surface area contributed by atoms with Crippen LogP contribution in [-0.4, -0.2) is 18.0 Å². The Balaban J connectivity index is 2.10. The fourth-order valence-corrected chi connectivity index (χ4v) is 2.54. The number of nitrogens with zero attached hydrogens (tertiary/aromatic N) is 1. The molecule has 2 N–H and O–H groups in total. The van der Waals surface area contributed by atoms with E-state index in [-0.39, 0.29) is 0 Å². The van der Waals surface area contributed by atoms with E-state index < -0.39 is 0 Å². The Bertz CT molecular complexity index is 595. The number of rotatable bonds is 6. The van der Waals surface area contributed by atoms with Crippen molar-refractivity contribution in [3.63, 3.8) is 0 Å². The molecule has 2 aromatic rings. The van der Waals surface area contributed by atoms with E-state index in [9.17, 15) is 0 Å². The van der Waals surface area contributed by atoms with E-state index in [4.69, 9.17) is 5.73 Å². The Morgan fingerprint density at radius 1 is 1.00 bits per heavy atom. The maximum atomic E-state index is 5.82. The molecule has 2 rings (SSSR count). The standard InChI is InChI=1S/C19H24N2/c1-4-21(5-2)15(3)18-11-9-16(10-12-18)13-17-7-6-8-19(20)14-17/h6-12,14H,3-5,13,20H2,1-2H3. The van der Waals surface area contributed by atoms with Gasteiger partial charge >= 0.3 is 0 Å². The molecular formula is C19H24N2. The molecule has 0 aromatic heterocycles. The van der Waals surface area contributed by atoms with Crippen molar-refractivity contribution in [1.29, 1.82) is 0 Å². The summed E-state index contributed by atoms with van der Waals surface area (Å²) in [7, 11) is 0. The smallest absolute Gasteiger partial charge is 0.0366 e. The van der Waals surface area contributed by atoms with E-state index >= 15 is 0 Å². The molecule has 0 radical (unpaired) electrons. The van der Waals surface area contributed by atoms with Gasteiger partial charge in [0.25, 0.3) is 0 Å². The van der Waals surface area contributed by atoms with E-state index in [1.54, 1.807) is 0 Å². The molecule has 0 aliphatic heterocycles. The maximum Gasteiger partial charge on any atom is 0.0366 e. The van der Waals surface area contributed by atoms with Gasteiger partial charge in [0.15, 0.2) is 0 Å². The Kier molecular flexibility index (Phi) is 5.04. The Morgan fingerprint density at radius 2 is 1.67 bits per heavy atom. The number of anilines is 1. The van der Waals surface area contributed by atoms with Crippen LogP contribution in [0.1, 0.15) is 30.5 Å². The number of nitrogen functional groups attached to an aromatic ring is 1. The minimum absolute atomic E-state index is 0.819. The van der Waals surface area contributed by atoms with Crippen LogP contribution in [-0.2, 0) is 6.42 Å². The summed E-state index contributed by atoms with van der Waals surface area (Å²) in [5, 5.41) is 0. The van der Waals surface area contributed by atoms with Crippen molar-refractivity contribution < 1.29 is 0 Å². The SMILES string of the molecule is C=C(c1ccc(Cc2cccc(N)c2)cc1)N(CC)CC. The van der Waals surface area contributed by atoms with Crippen LogP contribution in [0.5, 0.6) is 0 Å². The molecule has 0 fully saturated rings. The summed E-state index contributed by atoms with van der Waals surface area (Å²) in [4.78, 5) is 2.27. The predicted octanol–water partition coefficient (Wildman–Crippen LogP) is 4.17. The zero-order valence-corrected chi connectivity index (χ0v) is 13.0. The van der Waals surface area contributed by atoms with Gasteiger partial charge in [-0.3, -0.25) is 0 Å². The van der Waals surface area contributed by atoms with Gasteiger partial charge in [0.05, 0.1) is 0 Å². The maximum absolute atomic E-state index is 5.82. The first-order valence-electron chi connectivity index (χ1n) is 7.51. The van der Waals surface area contributed by atoms with Gasteiger partial charge in [-0.25, -0.2) is 0 Å². The van der Waals surface area contributed by atoms with E-state index in [1.807, 2.05) is 18.2 Å². The topological polar surface area (TPSA) is 29.3 Å². The molecule has 0 atom stereocenters. The average molecular weight is 280 g/mol. The molecule has 0 unspecified atom stereocenters. The minimum Gasteiger partial charge on any atom is -0.399 e. The molecule has 110 valence electrons. The average Bonchev–Trinajstić information content (AvgIpc) is 2.49. The monoisotopic (exact) mass is 280 g/mol. The van der Waals surface area contributed by atoms with Crippen molar-refractivity contribution in [3.8, 4) is 0 Å². The van der Waals surface area contributed by atoms with Gasteiger partial charge < -0.3 is 10.6 Å². The van der Waals surface area contributed by atoms with Gasteiger partial charge in [0.1, 0.15) is 0 Å². The summed E-state index contributed by atoms with van der Waals surface area (Å²) in [6.45, 7) is 10.5. The molecular weight excluding hydrogens is 256 g/mol. The summed E-state index contributed by atoms with van der Waals surface area (Å²) in [6, 6.07) is 16.7. The fourth-order valence-electron chi connectivity index (χ4n) is 2.54. The lowest BCUT2D eigenvalue weighted by molar-refractivity contribution is 0.443. The first-order chi connectivity index (χ1) is 10.1. The van der Waals surface area contributed by atoms with Crippen molar-refractivity contribution >= 4 is 11.4 Å². The third-order valence-corrected chi connectivity index (χ3v) is 3.79. The highest BCUT2D eigenvalue weighted by molar-refractivity contribution is 5.62. The molecule has 2 nitrogen and oxygen atoms in total. The van der Waals surface area contributed by atoms with Gasteiger partial charge in [-0.1, -0.05) is 43.0 Å². The summed E-state index contributed by atoms with van der Waals surface area (Å²) in [6.07, 6.45) is 0.906. The number of hydrogen-bond donors (Lipinski definition) is 1. The number of benzene rings is 2. The van der Waals surface area contributed by atoms with E-state index in [0.717, 1.165) is 30.9 Å². The first kappa shape index (κ1) is 15.2. The quantitative estimate of drug-likeness (QED) is 0.805. The van der Waals surface area contributed by atoms with E-state index in [0.29, 0.717) is 0 Å². The van der Waals surface area contributed by atoms with Crippen LogP contribution in [0.3, 0.4) is 0 Å². The molecule has 2 aromatic carbocycles. The van der Waals surface area contributed by atoms with Crippen LogP contribution >= 0.6 is 0 Å². The largest absolute Gasteiger partial charge is 0.399 e. The zero-order valence-electron chi connectivity index (χ0n) is 13.0. The van der Waals surface area contributed by atoms with Crippen molar-refractivity contribution in [2.75, 3.05) is 18.8 Å². The lowest BCUT2D eigenvalue weighted by atomic mass is 10.0. The van der Waals surface area contributed by atoms with Crippen LogP contribution in [0.15, 0.2) is 55.1 Å². The second-order valence-electron chi connectivity index (χ2n) is 5.24. The highest BCUT2D eigenvalue weighted by Crippen LogP contribution is 2.19. The van der Waals surface area contributed by atoms with Crippen LogP contribution in [0.25, 0.3) is 5.70 Å². The number of nitrogens with two attached hydrogens (primary N) is 1. The van der Waals surface area contributed by atoms with Gasteiger partial charge in [0, 0.05) is 24.5 Å². The highest BCUT2D eigenvalue weighted by Gasteiger charge is 2.06. The lowest BCUT2D eigenvalue weighted by Gasteiger charge is -2.23. The second-order valence-corrected chi connectivity index (χ2v) is 5.24. The molecule has 0 spiro atoms. The Labute approximate surface area is 127 Å². The molecule has 0 saturated heterocycles.